The van der Waals surface area contributed by atoms with Crippen LogP contribution in [0.15, 0.2) is 12.4 Å². The molecule has 2 amide bonds. The molecule has 6 heteroatoms. The molecule has 1 atom stereocenters. The van der Waals surface area contributed by atoms with Crippen LogP contribution in [0.25, 0.3) is 0 Å². The molecule has 3 heterocycles. The Morgan fingerprint density at radius 2 is 1.78 bits per heavy atom. The van der Waals surface area contributed by atoms with Crippen LogP contribution in [0.5, 0.6) is 0 Å². The van der Waals surface area contributed by atoms with E-state index in [1.807, 2.05) is 9.80 Å². The number of amides is 2. The van der Waals surface area contributed by atoms with Gasteiger partial charge in [-0.05, 0) is 38.0 Å². The predicted molar refractivity (Wildman–Crippen MR) is 85.9 cm³/mol. The lowest BCUT2D eigenvalue weighted by molar-refractivity contribution is -0.130. The average molecular weight is 316 g/mol. The number of carbonyl (C=O) groups is 2. The van der Waals surface area contributed by atoms with Gasteiger partial charge in [-0.25, -0.2) is 4.98 Å². The number of hydrogen-bond donors (Lipinski definition) is 0. The summed E-state index contributed by atoms with van der Waals surface area (Å²) in [5.74, 6) is 0.488. The number of likely N-dealkylation sites (tertiary alicyclic amines) is 2. The monoisotopic (exact) mass is 316 g/mol. The fourth-order valence-corrected chi connectivity index (χ4v) is 3.56. The molecule has 23 heavy (non-hydrogen) atoms. The Hall–Kier alpha value is -1.98. The second-order valence-electron chi connectivity index (χ2n) is 6.53. The molecule has 2 aliphatic rings. The Morgan fingerprint density at radius 3 is 2.52 bits per heavy atom. The minimum absolute atomic E-state index is 0.00448. The van der Waals surface area contributed by atoms with E-state index in [0.717, 1.165) is 57.6 Å². The molecule has 0 unspecified atom stereocenters. The van der Waals surface area contributed by atoms with Crippen molar-refractivity contribution in [2.24, 2.45) is 5.92 Å². The number of piperidine rings is 1. The summed E-state index contributed by atoms with van der Waals surface area (Å²) in [6, 6.07) is 0. The minimum Gasteiger partial charge on any atom is -0.343 e. The normalized spacial score (nSPS) is 21.5. The van der Waals surface area contributed by atoms with E-state index in [0.29, 0.717) is 18.0 Å². The van der Waals surface area contributed by atoms with Crippen LogP contribution in [0, 0.1) is 5.92 Å². The fraction of sp³-hybridized carbons (Fsp3) is 0.647. The zero-order valence-corrected chi connectivity index (χ0v) is 13.7. The number of rotatable bonds is 3. The van der Waals surface area contributed by atoms with Gasteiger partial charge in [0.25, 0.3) is 5.91 Å². The third kappa shape index (κ3) is 3.68. The van der Waals surface area contributed by atoms with Gasteiger partial charge in [0.2, 0.25) is 5.91 Å². The van der Waals surface area contributed by atoms with Crippen LogP contribution in [-0.2, 0) is 11.2 Å². The van der Waals surface area contributed by atoms with Crippen LogP contribution in [0.4, 0.5) is 0 Å². The Morgan fingerprint density at radius 1 is 1.09 bits per heavy atom. The summed E-state index contributed by atoms with van der Waals surface area (Å²) in [5.41, 5.74) is 1.27. The van der Waals surface area contributed by atoms with Gasteiger partial charge in [-0.2, -0.15) is 0 Å². The molecule has 6 nitrogen and oxygen atoms in total. The first kappa shape index (κ1) is 15.9. The number of carbonyl (C=O) groups excluding carboxylic acids is 2. The van der Waals surface area contributed by atoms with E-state index < -0.39 is 0 Å². The number of nitrogens with zero attached hydrogens (tertiary/aromatic N) is 4. The van der Waals surface area contributed by atoms with Gasteiger partial charge in [-0.1, -0.05) is 0 Å². The number of aromatic nitrogens is 2. The molecule has 1 aromatic rings. The van der Waals surface area contributed by atoms with Crippen molar-refractivity contribution in [1.29, 1.82) is 0 Å². The molecule has 0 aliphatic carbocycles. The smallest absolute Gasteiger partial charge is 0.274 e. The average Bonchev–Trinajstić information content (AvgIpc) is 3.09. The molecule has 3 rings (SSSR count). The van der Waals surface area contributed by atoms with Crippen molar-refractivity contribution >= 4 is 11.8 Å². The molecule has 0 saturated carbocycles. The van der Waals surface area contributed by atoms with Crippen LogP contribution in [0.2, 0.25) is 0 Å². The molecule has 0 bridgehead atoms. The zero-order chi connectivity index (χ0) is 16.2. The first-order chi connectivity index (χ1) is 11.1. The Bertz CT molecular complexity index is 584. The highest BCUT2D eigenvalue weighted by molar-refractivity contribution is 5.93. The van der Waals surface area contributed by atoms with Gasteiger partial charge in [-0.15, -0.1) is 0 Å². The molecule has 0 spiro atoms. The summed E-state index contributed by atoms with van der Waals surface area (Å²) in [7, 11) is 0. The van der Waals surface area contributed by atoms with Gasteiger partial charge in [-0.3, -0.25) is 14.6 Å². The summed E-state index contributed by atoms with van der Waals surface area (Å²) in [5, 5.41) is 0. The molecule has 2 fully saturated rings. The molecule has 2 aliphatic heterocycles. The lowest BCUT2D eigenvalue weighted by Crippen LogP contribution is -2.39. The Labute approximate surface area is 136 Å². The summed E-state index contributed by atoms with van der Waals surface area (Å²) in [4.78, 5) is 36.7. The SMILES string of the molecule is CC(=O)N1CCC[C@@H](Cc2nccnc2C(=O)N2CCCC2)C1. The quantitative estimate of drug-likeness (QED) is 0.848. The first-order valence-corrected chi connectivity index (χ1v) is 8.50. The maximum absolute atomic E-state index is 12.6. The zero-order valence-electron chi connectivity index (χ0n) is 13.7. The Kier molecular flexibility index (Phi) is 4.88. The second-order valence-corrected chi connectivity index (χ2v) is 6.53. The van der Waals surface area contributed by atoms with E-state index >= 15 is 0 Å². The van der Waals surface area contributed by atoms with Crippen molar-refractivity contribution in [2.45, 2.75) is 39.0 Å². The maximum Gasteiger partial charge on any atom is 0.274 e. The van der Waals surface area contributed by atoms with E-state index in [1.54, 1.807) is 19.3 Å². The lowest BCUT2D eigenvalue weighted by Gasteiger charge is -2.32. The van der Waals surface area contributed by atoms with Crippen LogP contribution in [-0.4, -0.2) is 57.8 Å². The van der Waals surface area contributed by atoms with Crippen LogP contribution in [0.1, 0.15) is 48.8 Å². The van der Waals surface area contributed by atoms with Gasteiger partial charge in [0.15, 0.2) is 0 Å². The highest BCUT2D eigenvalue weighted by Gasteiger charge is 2.27. The van der Waals surface area contributed by atoms with Crippen molar-refractivity contribution in [3.05, 3.63) is 23.8 Å². The van der Waals surface area contributed by atoms with E-state index in [2.05, 4.69) is 9.97 Å². The third-order valence-electron chi connectivity index (χ3n) is 4.82. The van der Waals surface area contributed by atoms with Crippen LogP contribution >= 0.6 is 0 Å². The first-order valence-electron chi connectivity index (χ1n) is 8.50. The fourth-order valence-electron chi connectivity index (χ4n) is 3.56. The van der Waals surface area contributed by atoms with Gasteiger partial charge >= 0.3 is 0 Å². The lowest BCUT2D eigenvalue weighted by atomic mass is 9.92. The summed E-state index contributed by atoms with van der Waals surface area (Å²) in [6.07, 6.45) is 8.18. The van der Waals surface area contributed by atoms with Crippen LogP contribution in [0.3, 0.4) is 0 Å². The van der Waals surface area contributed by atoms with Crippen molar-refractivity contribution in [1.82, 2.24) is 19.8 Å². The highest BCUT2D eigenvalue weighted by atomic mass is 16.2. The maximum atomic E-state index is 12.6. The van der Waals surface area contributed by atoms with Gasteiger partial charge in [0.1, 0.15) is 5.69 Å². The predicted octanol–water partition coefficient (Wildman–Crippen LogP) is 1.51. The minimum atomic E-state index is 0.00448. The van der Waals surface area contributed by atoms with E-state index in [4.69, 9.17) is 0 Å². The molecular formula is C17H24N4O2. The molecule has 0 N–H and O–H groups in total. The summed E-state index contributed by atoms with van der Waals surface area (Å²) < 4.78 is 0. The largest absolute Gasteiger partial charge is 0.343 e. The van der Waals surface area contributed by atoms with Crippen molar-refractivity contribution in [2.75, 3.05) is 26.2 Å². The summed E-state index contributed by atoms with van der Waals surface area (Å²) >= 11 is 0. The third-order valence-corrected chi connectivity index (χ3v) is 4.82. The van der Waals surface area contributed by atoms with Gasteiger partial charge in [0.05, 0.1) is 5.69 Å². The van der Waals surface area contributed by atoms with Crippen molar-refractivity contribution < 1.29 is 9.59 Å². The Balaban J connectivity index is 1.72. The van der Waals surface area contributed by atoms with E-state index in [9.17, 15) is 9.59 Å². The molecule has 0 aromatic carbocycles. The molecule has 0 radical (unpaired) electrons. The second kappa shape index (κ2) is 7.06. The van der Waals surface area contributed by atoms with Crippen molar-refractivity contribution in [3.8, 4) is 0 Å². The van der Waals surface area contributed by atoms with E-state index in [-0.39, 0.29) is 11.8 Å². The standard InChI is InChI=1S/C17H24N4O2/c1-13(22)21-10-4-5-14(12-21)11-15-16(19-7-6-18-15)17(23)20-8-2-3-9-20/h6-7,14H,2-5,8-12H2,1H3/t14-/m0/s1. The topological polar surface area (TPSA) is 66.4 Å². The van der Waals surface area contributed by atoms with Gasteiger partial charge < -0.3 is 9.80 Å². The van der Waals surface area contributed by atoms with E-state index in [1.165, 1.54) is 0 Å². The summed E-state index contributed by atoms with van der Waals surface area (Å²) in [6.45, 7) is 4.84. The van der Waals surface area contributed by atoms with Crippen LogP contribution < -0.4 is 0 Å². The highest BCUT2D eigenvalue weighted by Crippen LogP contribution is 2.22. The van der Waals surface area contributed by atoms with Gasteiger partial charge in [0, 0.05) is 45.5 Å². The molecule has 2 saturated heterocycles. The van der Waals surface area contributed by atoms with Crippen molar-refractivity contribution in [3.63, 3.8) is 0 Å². The number of hydrogen-bond acceptors (Lipinski definition) is 4. The molecule has 1 aromatic heterocycles. The molecular weight excluding hydrogens is 292 g/mol. The molecule has 124 valence electrons.